The van der Waals surface area contributed by atoms with E-state index in [0.717, 1.165) is 11.3 Å². The fraction of sp³-hybridized carbons (Fsp3) is 0.474. The predicted octanol–water partition coefficient (Wildman–Crippen LogP) is 2.60. The van der Waals surface area contributed by atoms with Crippen LogP contribution in [-0.2, 0) is 16.6 Å². The van der Waals surface area contributed by atoms with Crippen molar-refractivity contribution < 1.29 is 22.5 Å². The molecular formula is C19H27N3O5S. The number of hydrogen-bond donors (Lipinski definition) is 0. The first-order chi connectivity index (χ1) is 13.2. The lowest BCUT2D eigenvalue weighted by Crippen LogP contribution is -2.31. The minimum Gasteiger partial charge on any atom is -0.495 e. The van der Waals surface area contributed by atoms with Gasteiger partial charge >= 0.3 is 0 Å². The van der Waals surface area contributed by atoms with Gasteiger partial charge in [-0.1, -0.05) is 19.0 Å². The number of methoxy groups -OCH3 is 1. The van der Waals surface area contributed by atoms with Gasteiger partial charge in [0.05, 0.1) is 19.3 Å². The van der Waals surface area contributed by atoms with E-state index >= 15 is 0 Å². The summed E-state index contributed by atoms with van der Waals surface area (Å²) in [5.74, 6) is 0.548. The lowest BCUT2D eigenvalue weighted by molar-refractivity contribution is 0.0784. The molecule has 0 N–H and O–H groups in total. The van der Waals surface area contributed by atoms with Crippen LogP contribution >= 0.6 is 0 Å². The van der Waals surface area contributed by atoms with Gasteiger partial charge in [-0.05, 0) is 32.0 Å². The zero-order valence-electron chi connectivity index (χ0n) is 17.1. The van der Waals surface area contributed by atoms with Crippen LogP contribution in [0, 0.1) is 13.8 Å². The quantitative estimate of drug-likeness (QED) is 0.665. The number of nitrogens with zero attached hydrogens (tertiary/aromatic N) is 3. The minimum atomic E-state index is -3.78. The van der Waals surface area contributed by atoms with Crippen LogP contribution in [0.1, 0.15) is 41.2 Å². The lowest BCUT2D eigenvalue weighted by Gasteiger charge is -2.21. The first-order valence-electron chi connectivity index (χ1n) is 9.02. The number of ether oxygens (including phenoxy) is 1. The van der Waals surface area contributed by atoms with E-state index in [1.807, 2.05) is 6.92 Å². The smallest absolute Gasteiger partial charge is 0.253 e. The standard InChI is InChI=1S/C19H27N3O5S/c1-7-22(8-2)28(24,25)18-11-15(9-10-17(18)26-6)19(23)21(5)12-16-13(3)20-27-14(16)4/h9-11H,7-8,12H2,1-6H3. The van der Waals surface area contributed by atoms with Crippen LogP contribution in [0.25, 0.3) is 0 Å². The maximum atomic E-state index is 13.0. The summed E-state index contributed by atoms with van der Waals surface area (Å²) in [6.07, 6.45) is 0. The number of hydrogen-bond acceptors (Lipinski definition) is 6. The summed E-state index contributed by atoms with van der Waals surface area (Å²) in [7, 11) is -0.722. The highest BCUT2D eigenvalue weighted by atomic mass is 32.2. The van der Waals surface area contributed by atoms with E-state index in [2.05, 4.69) is 5.16 Å². The fourth-order valence-corrected chi connectivity index (χ4v) is 4.61. The third-order valence-electron chi connectivity index (χ3n) is 4.66. The Balaban J connectivity index is 2.40. The summed E-state index contributed by atoms with van der Waals surface area (Å²) >= 11 is 0. The molecule has 0 aliphatic heterocycles. The summed E-state index contributed by atoms with van der Waals surface area (Å²) < 4.78 is 37.6. The van der Waals surface area contributed by atoms with Gasteiger partial charge in [-0.25, -0.2) is 8.42 Å². The molecule has 0 saturated heterocycles. The highest BCUT2D eigenvalue weighted by Gasteiger charge is 2.27. The number of amides is 1. The maximum Gasteiger partial charge on any atom is 0.253 e. The Hall–Kier alpha value is -2.39. The second kappa shape index (κ2) is 8.74. The van der Waals surface area contributed by atoms with E-state index in [0.29, 0.717) is 25.4 Å². The van der Waals surface area contributed by atoms with Crippen molar-refractivity contribution >= 4 is 15.9 Å². The van der Waals surface area contributed by atoms with E-state index < -0.39 is 10.0 Å². The second-order valence-corrected chi connectivity index (χ2v) is 8.33. The molecule has 1 amide bonds. The van der Waals surface area contributed by atoms with Gasteiger partial charge < -0.3 is 14.2 Å². The van der Waals surface area contributed by atoms with E-state index in [1.54, 1.807) is 33.9 Å². The molecule has 0 radical (unpaired) electrons. The number of aryl methyl sites for hydroxylation is 2. The molecule has 9 heteroatoms. The molecule has 8 nitrogen and oxygen atoms in total. The molecule has 2 rings (SSSR count). The number of aromatic nitrogens is 1. The van der Waals surface area contributed by atoms with E-state index in [1.165, 1.54) is 28.4 Å². The van der Waals surface area contributed by atoms with Crippen molar-refractivity contribution in [1.29, 1.82) is 0 Å². The molecule has 0 aliphatic carbocycles. The van der Waals surface area contributed by atoms with Crippen molar-refractivity contribution in [3.8, 4) is 5.75 Å². The van der Waals surface area contributed by atoms with Crippen LogP contribution in [0.2, 0.25) is 0 Å². The molecule has 0 atom stereocenters. The molecule has 0 fully saturated rings. The van der Waals surface area contributed by atoms with Gasteiger partial charge in [0.25, 0.3) is 5.91 Å². The highest BCUT2D eigenvalue weighted by Crippen LogP contribution is 2.28. The van der Waals surface area contributed by atoms with Gasteiger partial charge in [-0.3, -0.25) is 4.79 Å². The van der Waals surface area contributed by atoms with Crippen molar-refractivity contribution in [2.75, 3.05) is 27.2 Å². The van der Waals surface area contributed by atoms with Crippen molar-refractivity contribution in [2.24, 2.45) is 0 Å². The molecule has 0 aliphatic rings. The Morgan fingerprint density at radius 3 is 2.36 bits per heavy atom. The topological polar surface area (TPSA) is 93.0 Å². The number of benzene rings is 1. The van der Waals surface area contributed by atoms with Crippen molar-refractivity contribution in [3.05, 3.63) is 40.8 Å². The third-order valence-corrected chi connectivity index (χ3v) is 6.73. The maximum absolute atomic E-state index is 13.0. The van der Waals surface area contributed by atoms with E-state index in [-0.39, 0.29) is 22.1 Å². The first-order valence-corrected chi connectivity index (χ1v) is 10.5. The molecule has 0 bridgehead atoms. The van der Waals surface area contributed by atoms with Gasteiger partial charge in [0.2, 0.25) is 10.0 Å². The average Bonchev–Trinajstić information content (AvgIpc) is 2.99. The van der Waals surface area contributed by atoms with Crippen LogP contribution in [0.15, 0.2) is 27.6 Å². The zero-order chi connectivity index (χ0) is 21.1. The number of sulfonamides is 1. The molecule has 1 aromatic carbocycles. The minimum absolute atomic E-state index is 0.0183. The zero-order valence-corrected chi connectivity index (χ0v) is 18.0. The van der Waals surface area contributed by atoms with Gasteiger partial charge in [0, 0.05) is 31.3 Å². The van der Waals surface area contributed by atoms with Crippen molar-refractivity contribution in [2.45, 2.75) is 39.1 Å². The van der Waals surface area contributed by atoms with Gasteiger partial charge in [0.1, 0.15) is 16.4 Å². The summed E-state index contributed by atoms with van der Waals surface area (Å²) in [6, 6.07) is 4.44. The van der Waals surface area contributed by atoms with E-state index in [9.17, 15) is 13.2 Å². The Morgan fingerprint density at radius 1 is 1.21 bits per heavy atom. The Morgan fingerprint density at radius 2 is 1.86 bits per heavy atom. The molecule has 0 unspecified atom stereocenters. The first kappa shape index (κ1) is 21.9. The fourth-order valence-electron chi connectivity index (χ4n) is 2.97. The summed E-state index contributed by atoms with van der Waals surface area (Å²) in [4.78, 5) is 14.4. The molecule has 154 valence electrons. The monoisotopic (exact) mass is 409 g/mol. The normalized spacial score (nSPS) is 11.7. The molecule has 28 heavy (non-hydrogen) atoms. The van der Waals surface area contributed by atoms with Crippen molar-refractivity contribution in [3.63, 3.8) is 0 Å². The number of carbonyl (C=O) groups is 1. The van der Waals surface area contributed by atoms with Gasteiger partial charge in [-0.2, -0.15) is 4.31 Å². The average molecular weight is 410 g/mol. The molecule has 2 aromatic rings. The highest BCUT2D eigenvalue weighted by molar-refractivity contribution is 7.89. The summed E-state index contributed by atoms with van der Waals surface area (Å²) in [5.41, 5.74) is 1.82. The largest absolute Gasteiger partial charge is 0.495 e. The number of carbonyl (C=O) groups excluding carboxylic acids is 1. The van der Waals surface area contributed by atoms with Gasteiger partial charge in [-0.15, -0.1) is 0 Å². The third kappa shape index (κ3) is 4.20. The van der Waals surface area contributed by atoms with Crippen LogP contribution in [0.3, 0.4) is 0 Å². The Bertz CT molecular complexity index is 929. The number of rotatable bonds is 8. The summed E-state index contributed by atoms with van der Waals surface area (Å²) in [5, 5.41) is 3.89. The van der Waals surface area contributed by atoms with Crippen LogP contribution in [0.5, 0.6) is 5.75 Å². The predicted molar refractivity (Wildman–Crippen MR) is 105 cm³/mol. The second-order valence-electron chi connectivity index (χ2n) is 6.42. The van der Waals surface area contributed by atoms with Crippen molar-refractivity contribution in [1.82, 2.24) is 14.4 Å². The lowest BCUT2D eigenvalue weighted by atomic mass is 10.1. The SMILES string of the molecule is CCN(CC)S(=O)(=O)c1cc(C(=O)N(C)Cc2c(C)noc2C)ccc1OC. The van der Waals surface area contributed by atoms with Gasteiger partial charge in [0.15, 0.2) is 0 Å². The van der Waals surface area contributed by atoms with Crippen LogP contribution in [-0.4, -0.2) is 55.9 Å². The molecule has 1 aromatic heterocycles. The molecule has 0 spiro atoms. The molecule has 0 saturated carbocycles. The summed E-state index contributed by atoms with van der Waals surface area (Å²) in [6.45, 7) is 8.09. The Labute approximate surface area is 166 Å². The van der Waals surface area contributed by atoms with Crippen LogP contribution in [0.4, 0.5) is 0 Å². The van der Waals surface area contributed by atoms with Crippen LogP contribution < -0.4 is 4.74 Å². The molecular weight excluding hydrogens is 382 g/mol. The molecule has 1 heterocycles. The van der Waals surface area contributed by atoms with E-state index in [4.69, 9.17) is 9.26 Å². The Kier molecular flexibility index (Phi) is 6.84.